The van der Waals surface area contributed by atoms with E-state index < -0.39 is 0 Å². The first-order valence-electron chi connectivity index (χ1n) is 6.15. The summed E-state index contributed by atoms with van der Waals surface area (Å²) in [5.41, 5.74) is 1.25. The van der Waals surface area contributed by atoms with Gasteiger partial charge in [0.05, 0.1) is 13.2 Å². The summed E-state index contributed by atoms with van der Waals surface area (Å²) in [6.45, 7) is 4.66. The molecule has 0 bridgehead atoms. The summed E-state index contributed by atoms with van der Waals surface area (Å²) in [5.74, 6) is 1.06. The fourth-order valence-electron chi connectivity index (χ4n) is 2.20. The number of hydrogen-bond donors (Lipinski definition) is 0. The molecule has 3 rings (SSSR count). The molecule has 3 nitrogen and oxygen atoms in total. The van der Waals surface area contributed by atoms with Crippen LogP contribution in [0.5, 0.6) is 0 Å². The van der Waals surface area contributed by atoms with Gasteiger partial charge in [-0.2, -0.15) is 0 Å². The third-order valence-corrected chi connectivity index (χ3v) is 4.12. The van der Waals surface area contributed by atoms with Crippen LogP contribution in [0.15, 0.2) is 35.8 Å². The van der Waals surface area contributed by atoms with Crippen molar-refractivity contribution in [2.24, 2.45) is 0 Å². The van der Waals surface area contributed by atoms with Crippen LogP contribution in [0.3, 0.4) is 0 Å². The smallest absolute Gasteiger partial charge is 0.128 e. The van der Waals surface area contributed by atoms with Crippen molar-refractivity contribution >= 4 is 17.2 Å². The molecule has 0 aromatic carbocycles. The summed E-state index contributed by atoms with van der Waals surface area (Å²) in [7, 11) is 0. The minimum Gasteiger partial charge on any atom is -0.369 e. The van der Waals surface area contributed by atoms with Gasteiger partial charge in [0.1, 0.15) is 11.9 Å². The molecule has 18 heavy (non-hydrogen) atoms. The van der Waals surface area contributed by atoms with Gasteiger partial charge in [-0.25, -0.2) is 4.98 Å². The molecule has 1 fully saturated rings. The molecular weight excluding hydrogens is 244 g/mol. The zero-order valence-corrected chi connectivity index (χ0v) is 11.2. The van der Waals surface area contributed by atoms with E-state index >= 15 is 0 Å². The number of nitrogens with zero attached hydrogens (tertiary/aromatic N) is 2. The molecule has 0 unspecified atom stereocenters. The Kier molecular flexibility index (Phi) is 3.30. The summed E-state index contributed by atoms with van der Waals surface area (Å²) < 4.78 is 5.85. The summed E-state index contributed by atoms with van der Waals surface area (Å²) >= 11 is 1.76. The third kappa shape index (κ3) is 2.40. The van der Waals surface area contributed by atoms with Crippen LogP contribution >= 0.6 is 11.3 Å². The average Bonchev–Trinajstić information content (AvgIpc) is 2.93. The average molecular weight is 260 g/mol. The number of ether oxygens (including phenoxy) is 1. The van der Waals surface area contributed by atoms with Gasteiger partial charge < -0.3 is 9.64 Å². The van der Waals surface area contributed by atoms with Crippen molar-refractivity contribution in [2.45, 2.75) is 13.0 Å². The molecule has 94 valence electrons. The number of thiophene rings is 1. The molecule has 1 atom stereocenters. The van der Waals surface area contributed by atoms with Gasteiger partial charge in [0.15, 0.2) is 0 Å². The number of aromatic nitrogens is 1. The second-order valence-corrected chi connectivity index (χ2v) is 5.49. The first-order chi connectivity index (χ1) is 8.83. The van der Waals surface area contributed by atoms with E-state index in [9.17, 15) is 0 Å². The van der Waals surface area contributed by atoms with Crippen LogP contribution in [-0.2, 0) is 4.74 Å². The first-order valence-corrected chi connectivity index (χ1v) is 7.03. The minimum absolute atomic E-state index is 0.182. The van der Waals surface area contributed by atoms with Crippen molar-refractivity contribution in [3.05, 3.63) is 46.3 Å². The fourth-order valence-corrected chi connectivity index (χ4v) is 2.96. The van der Waals surface area contributed by atoms with Crippen LogP contribution in [0.2, 0.25) is 0 Å². The molecule has 0 amide bonds. The van der Waals surface area contributed by atoms with Crippen molar-refractivity contribution in [1.29, 1.82) is 0 Å². The molecular formula is C14H16N2OS. The highest BCUT2D eigenvalue weighted by molar-refractivity contribution is 7.10. The normalized spacial score (nSPS) is 20.1. The molecule has 0 spiro atoms. The Balaban J connectivity index is 1.78. The molecule has 2 aromatic heterocycles. The van der Waals surface area contributed by atoms with Crippen molar-refractivity contribution < 1.29 is 4.74 Å². The van der Waals surface area contributed by atoms with E-state index in [0.717, 1.165) is 25.5 Å². The Morgan fingerprint density at radius 1 is 1.44 bits per heavy atom. The maximum Gasteiger partial charge on any atom is 0.128 e. The molecule has 1 aliphatic rings. The second kappa shape index (κ2) is 5.08. The van der Waals surface area contributed by atoms with Crippen LogP contribution < -0.4 is 4.90 Å². The number of hydrogen-bond acceptors (Lipinski definition) is 4. The lowest BCUT2D eigenvalue weighted by molar-refractivity contribution is 0.0418. The summed E-state index contributed by atoms with van der Waals surface area (Å²) in [6.07, 6.45) is 2.06. The number of morpholine rings is 1. The maximum atomic E-state index is 5.85. The topological polar surface area (TPSA) is 25.4 Å². The molecule has 1 aliphatic heterocycles. The van der Waals surface area contributed by atoms with Gasteiger partial charge in [-0.05, 0) is 36.1 Å². The number of rotatable bonds is 2. The quantitative estimate of drug-likeness (QED) is 0.830. The molecule has 2 aromatic rings. The number of aryl methyl sites for hydroxylation is 1. The number of pyridine rings is 1. The van der Waals surface area contributed by atoms with E-state index in [1.54, 1.807) is 11.3 Å². The SMILES string of the molecule is Cc1ccnc(N2CCO[C@H](c3cccs3)C2)c1. The maximum absolute atomic E-state index is 5.85. The Morgan fingerprint density at radius 2 is 2.39 bits per heavy atom. The Labute approximate surface area is 111 Å². The highest BCUT2D eigenvalue weighted by Gasteiger charge is 2.23. The van der Waals surface area contributed by atoms with Gasteiger partial charge in [-0.3, -0.25) is 0 Å². The standard InChI is InChI=1S/C14H16N2OS/c1-11-4-5-15-14(9-11)16-6-7-17-12(10-16)13-3-2-8-18-13/h2-5,8-9,12H,6-7,10H2,1H3/t12-/m0/s1. The van der Waals surface area contributed by atoms with E-state index in [1.165, 1.54) is 10.4 Å². The Morgan fingerprint density at radius 3 is 3.17 bits per heavy atom. The van der Waals surface area contributed by atoms with Crippen LogP contribution in [0, 0.1) is 6.92 Å². The number of anilines is 1. The lowest BCUT2D eigenvalue weighted by atomic mass is 10.2. The zero-order chi connectivity index (χ0) is 12.4. The molecule has 1 saturated heterocycles. The lowest BCUT2D eigenvalue weighted by Gasteiger charge is -2.33. The first kappa shape index (κ1) is 11.7. The van der Waals surface area contributed by atoms with Gasteiger partial charge in [0.2, 0.25) is 0 Å². The zero-order valence-electron chi connectivity index (χ0n) is 10.4. The summed E-state index contributed by atoms with van der Waals surface area (Å²) in [4.78, 5) is 8.06. The van der Waals surface area contributed by atoms with E-state index in [4.69, 9.17) is 4.74 Å². The summed E-state index contributed by atoms with van der Waals surface area (Å²) in [5, 5.41) is 2.10. The van der Waals surface area contributed by atoms with Gasteiger partial charge >= 0.3 is 0 Å². The molecule has 0 saturated carbocycles. The van der Waals surface area contributed by atoms with E-state index in [2.05, 4.69) is 40.4 Å². The Bertz CT molecular complexity index is 512. The predicted molar refractivity (Wildman–Crippen MR) is 74.2 cm³/mol. The van der Waals surface area contributed by atoms with E-state index in [-0.39, 0.29) is 6.10 Å². The molecule has 0 N–H and O–H groups in total. The lowest BCUT2D eigenvalue weighted by Crippen LogP contribution is -2.38. The van der Waals surface area contributed by atoms with Crippen molar-refractivity contribution in [3.8, 4) is 0 Å². The van der Waals surface area contributed by atoms with Gasteiger partial charge in [0, 0.05) is 17.6 Å². The van der Waals surface area contributed by atoms with Crippen LogP contribution in [0.25, 0.3) is 0 Å². The second-order valence-electron chi connectivity index (χ2n) is 4.51. The highest BCUT2D eigenvalue weighted by Crippen LogP contribution is 2.28. The van der Waals surface area contributed by atoms with Crippen molar-refractivity contribution in [2.75, 3.05) is 24.6 Å². The Hall–Kier alpha value is -1.39. The molecule has 3 heterocycles. The molecule has 4 heteroatoms. The van der Waals surface area contributed by atoms with Gasteiger partial charge in [-0.1, -0.05) is 6.07 Å². The largest absolute Gasteiger partial charge is 0.369 e. The van der Waals surface area contributed by atoms with E-state index in [1.807, 2.05) is 12.3 Å². The third-order valence-electron chi connectivity index (χ3n) is 3.15. The van der Waals surface area contributed by atoms with Crippen LogP contribution in [0.1, 0.15) is 16.5 Å². The van der Waals surface area contributed by atoms with Gasteiger partial charge in [-0.15, -0.1) is 11.3 Å². The van der Waals surface area contributed by atoms with E-state index in [0.29, 0.717) is 0 Å². The monoisotopic (exact) mass is 260 g/mol. The fraction of sp³-hybridized carbons (Fsp3) is 0.357. The van der Waals surface area contributed by atoms with Gasteiger partial charge in [0.25, 0.3) is 0 Å². The highest BCUT2D eigenvalue weighted by atomic mass is 32.1. The predicted octanol–water partition coefficient (Wildman–Crippen LogP) is 3.03. The van der Waals surface area contributed by atoms with Crippen molar-refractivity contribution in [3.63, 3.8) is 0 Å². The molecule has 0 radical (unpaired) electrons. The van der Waals surface area contributed by atoms with Crippen molar-refractivity contribution in [1.82, 2.24) is 4.98 Å². The summed E-state index contributed by atoms with van der Waals surface area (Å²) in [6, 6.07) is 8.38. The van der Waals surface area contributed by atoms with Crippen LogP contribution in [-0.4, -0.2) is 24.7 Å². The molecule has 0 aliphatic carbocycles. The van der Waals surface area contributed by atoms with Crippen LogP contribution in [0.4, 0.5) is 5.82 Å². The minimum atomic E-state index is 0.182.